The van der Waals surface area contributed by atoms with E-state index in [1.807, 2.05) is 25.2 Å². The van der Waals surface area contributed by atoms with Gasteiger partial charge in [-0.15, -0.1) is 0 Å². The molecule has 1 aliphatic carbocycles. The van der Waals surface area contributed by atoms with Crippen molar-refractivity contribution in [3.63, 3.8) is 0 Å². The topological polar surface area (TPSA) is 37.0 Å². The van der Waals surface area contributed by atoms with Gasteiger partial charge < -0.3 is 10.6 Å². The van der Waals surface area contributed by atoms with Crippen LogP contribution in [0, 0.1) is 0 Å². The van der Waals surface area contributed by atoms with Gasteiger partial charge in [-0.1, -0.05) is 6.07 Å². The molecule has 0 atom stereocenters. The van der Waals surface area contributed by atoms with Gasteiger partial charge in [0, 0.05) is 12.6 Å². The van der Waals surface area contributed by atoms with E-state index >= 15 is 0 Å². The van der Waals surface area contributed by atoms with Gasteiger partial charge in [0.1, 0.15) is 11.6 Å². The van der Waals surface area contributed by atoms with E-state index in [1.165, 1.54) is 19.3 Å². The van der Waals surface area contributed by atoms with Crippen LogP contribution in [0.4, 0.5) is 11.6 Å². The average molecular weight is 191 g/mol. The van der Waals surface area contributed by atoms with Gasteiger partial charge in [-0.3, -0.25) is 0 Å². The third kappa shape index (κ3) is 1.81. The summed E-state index contributed by atoms with van der Waals surface area (Å²) in [6, 6.07) is 6.00. The van der Waals surface area contributed by atoms with Crippen molar-refractivity contribution in [2.24, 2.45) is 0 Å². The average Bonchev–Trinajstić information content (AvgIpc) is 2.16. The minimum atomic E-state index is 0.277. The Hall–Kier alpha value is -1.25. The molecule has 0 aliphatic heterocycles. The highest BCUT2D eigenvalue weighted by molar-refractivity contribution is 5.46. The van der Waals surface area contributed by atoms with Crippen LogP contribution in [0.15, 0.2) is 18.2 Å². The number of hydrogen-bond acceptors (Lipinski definition) is 3. The highest BCUT2D eigenvalue weighted by Gasteiger charge is 2.31. The van der Waals surface area contributed by atoms with E-state index in [0.717, 1.165) is 11.6 Å². The minimum Gasteiger partial charge on any atom is -0.373 e. The highest BCUT2D eigenvalue weighted by atomic mass is 15.1. The summed E-state index contributed by atoms with van der Waals surface area (Å²) in [6.45, 7) is 2.25. The first-order valence-electron chi connectivity index (χ1n) is 5.15. The van der Waals surface area contributed by atoms with Crippen molar-refractivity contribution in [1.82, 2.24) is 4.98 Å². The normalized spacial score (nSPS) is 18.4. The van der Waals surface area contributed by atoms with Gasteiger partial charge in [0.25, 0.3) is 0 Å². The molecular formula is C11H17N3. The van der Waals surface area contributed by atoms with Gasteiger partial charge in [0.2, 0.25) is 0 Å². The summed E-state index contributed by atoms with van der Waals surface area (Å²) in [5.74, 6) is 1.89. The van der Waals surface area contributed by atoms with E-state index in [4.69, 9.17) is 0 Å². The lowest BCUT2D eigenvalue weighted by atomic mass is 9.78. The zero-order chi connectivity index (χ0) is 10.0. The second-order valence-electron chi connectivity index (χ2n) is 4.20. The Morgan fingerprint density at radius 3 is 2.57 bits per heavy atom. The van der Waals surface area contributed by atoms with Gasteiger partial charge in [0.05, 0.1) is 0 Å². The number of nitrogens with one attached hydrogen (secondary N) is 2. The van der Waals surface area contributed by atoms with E-state index in [9.17, 15) is 0 Å². The van der Waals surface area contributed by atoms with Crippen LogP contribution in [0.25, 0.3) is 0 Å². The molecule has 14 heavy (non-hydrogen) atoms. The molecule has 1 aromatic rings. The molecule has 3 heteroatoms. The fraction of sp³-hybridized carbons (Fsp3) is 0.545. The Labute approximate surface area is 84.9 Å². The summed E-state index contributed by atoms with van der Waals surface area (Å²) in [4.78, 5) is 4.44. The van der Waals surface area contributed by atoms with Gasteiger partial charge in [-0.05, 0) is 38.3 Å². The van der Waals surface area contributed by atoms with Crippen LogP contribution in [0.5, 0.6) is 0 Å². The fourth-order valence-corrected chi connectivity index (χ4v) is 1.78. The Morgan fingerprint density at radius 1 is 1.29 bits per heavy atom. The van der Waals surface area contributed by atoms with Crippen LogP contribution in [0.1, 0.15) is 26.2 Å². The Balaban J connectivity index is 2.08. The molecular weight excluding hydrogens is 174 g/mol. The maximum atomic E-state index is 4.44. The molecule has 0 radical (unpaired) electrons. The predicted molar refractivity (Wildman–Crippen MR) is 59.7 cm³/mol. The molecule has 3 nitrogen and oxygen atoms in total. The van der Waals surface area contributed by atoms with E-state index < -0.39 is 0 Å². The zero-order valence-electron chi connectivity index (χ0n) is 8.80. The minimum absolute atomic E-state index is 0.277. The first kappa shape index (κ1) is 9.31. The lowest BCUT2D eigenvalue weighted by molar-refractivity contribution is 0.306. The van der Waals surface area contributed by atoms with Crippen LogP contribution in [-0.4, -0.2) is 17.6 Å². The molecule has 1 aromatic heterocycles. The molecule has 0 unspecified atom stereocenters. The molecule has 0 saturated heterocycles. The first-order valence-corrected chi connectivity index (χ1v) is 5.15. The molecule has 1 aliphatic rings. The van der Waals surface area contributed by atoms with Gasteiger partial charge in [0.15, 0.2) is 0 Å². The van der Waals surface area contributed by atoms with Gasteiger partial charge >= 0.3 is 0 Å². The second kappa shape index (κ2) is 3.48. The molecule has 2 rings (SSSR count). The molecule has 0 bridgehead atoms. The third-order valence-corrected chi connectivity index (χ3v) is 2.89. The number of anilines is 2. The van der Waals surface area contributed by atoms with E-state index in [2.05, 4.69) is 22.5 Å². The van der Waals surface area contributed by atoms with Crippen LogP contribution in [-0.2, 0) is 0 Å². The van der Waals surface area contributed by atoms with Crippen molar-refractivity contribution < 1.29 is 0 Å². The summed E-state index contributed by atoms with van der Waals surface area (Å²) in [7, 11) is 1.89. The quantitative estimate of drug-likeness (QED) is 0.770. The molecule has 1 fully saturated rings. The van der Waals surface area contributed by atoms with Crippen molar-refractivity contribution in [1.29, 1.82) is 0 Å². The summed E-state index contributed by atoms with van der Waals surface area (Å²) in [5.41, 5.74) is 0.277. The fourth-order valence-electron chi connectivity index (χ4n) is 1.78. The summed E-state index contributed by atoms with van der Waals surface area (Å²) in [5, 5.41) is 6.52. The number of rotatable bonds is 3. The van der Waals surface area contributed by atoms with Crippen molar-refractivity contribution in [2.45, 2.75) is 31.7 Å². The monoisotopic (exact) mass is 191 g/mol. The first-order chi connectivity index (χ1) is 6.72. The van der Waals surface area contributed by atoms with Crippen molar-refractivity contribution in [3.8, 4) is 0 Å². The smallest absolute Gasteiger partial charge is 0.128 e. The Bertz CT molecular complexity index is 318. The van der Waals surface area contributed by atoms with Gasteiger partial charge in [-0.25, -0.2) is 4.98 Å². The van der Waals surface area contributed by atoms with Crippen molar-refractivity contribution >= 4 is 11.6 Å². The lowest BCUT2D eigenvalue weighted by Gasteiger charge is -2.39. The predicted octanol–water partition coefficient (Wildman–Crippen LogP) is 2.48. The number of aromatic nitrogens is 1. The van der Waals surface area contributed by atoms with Crippen molar-refractivity contribution in [3.05, 3.63) is 18.2 Å². The third-order valence-electron chi connectivity index (χ3n) is 2.89. The molecule has 1 saturated carbocycles. The maximum Gasteiger partial charge on any atom is 0.128 e. The van der Waals surface area contributed by atoms with E-state index in [-0.39, 0.29) is 5.54 Å². The van der Waals surface area contributed by atoms with Gasteiger partial charge in [-0.2, -0.15) is 0 Å². The number of pyridine rings is 1. The summed E-state index contributed by atoms with van der Waals surface area (Å²) < 4.78 is 0. The van der Waals surface area contributed by atoms with E-state index in [1.54, 1.807) is 0 Å². The van der Waals surface area contributed by atoms with Crippen LogP contribution >= 0.6 is 0 Å². The summed E-state index contributed by atoms with van der Waals surface area (Å²) in [6.07, 6.45) is 3.83. The largest absolute Gasteiger partial charge is 0.373 e. The molecule has 76 valence electrons. The zero-order valence-corrected chi connectivity index (χ0v) is 8.80. The highest BCUT2D eigenvalue weighted by Crippen LogP contribution is 2.34. The Kier molecular flexibility index (Phi) is 2.32. The SMILES string of the molecule is CNc1cccc(NC2(C)CCC2)n1. The molecule has 1 heterocycles. The molecule has 0 amide bonds. The van der Waals surface area contributed by atoms with Crippen molar-refractivity contribution in [2.75, 3.05) is 17.7 Å². The summed E-state index contributed by atoms with van der Waals surface area (Å²) >= 11 is 0. The number of hydrogen-bond donors (Lipinski definition) is 2. The van der Waals surface area contributed by atoms with E-state index in [0.29, 0.717) is 0 Å². The standard InChI is InChI=1S/C11H17N3/c1-11(7-4-8-11)14-10-6-3-5-9(12-2)13-10/h3,5-6H,4,7-8H2,1-2H3,(H2,12,13,14). The molecule has 0 spiro atoms. The van der Waals surface area contributed by atoms with Crippen LogP contribution in [0.2, 0.25) is 0 Å². The Morgan fingerprint density at radius 2 is 2.00 bits per heavy atom. The molecule has 2 N–H and O–H groups in total. The lowest BCUT2D eigenvalue weighted by Crippen LogP contribution is -2.41. The molecule has 0 aromatic carbocycles. The maximum absolute atomic E-state index is 4.44. The van der Waals surface area contributed by atoms with Crippen LogP contribution < -0.4 is 10.6 Å². The van der Waals surface area contributed by atoms with Crippen LogP contribution in [0.3, 0.4) is 0 Å². The number of nitrogens with zero attached hydrogens (tertiary/aromatic N) is 1. The second-order valence-corrected chi connectivity index (χ2v) is 4.20.